The molecule has 2 fully saturated rings. The van der Waals surface area contributed by atoms with Gasteiger partial charge in [0, 0.05) is 19.1 Å². The minimum Gasteiger partial charge on any atom is -0.387 e. The Hall–Kier alpha value is -0.860. The summed E-state index contributed by atoms with van der Waals surface area (Å²) in [6.07, 6.45) is 5.10. The van der Waals surface area contributed by atoms with Crippen LogP contribution in [0.5, 0.6) is 0 Å². The minimum absolute atomic E-state index is 0.337. The number of aliphatic hydroxyl groups is 1. The lowest BCUT2D eigenvalue weighted by atomic mass is 10.00. The third kappa shape index (κ3) is 3.62. The predicted octanol–water partition coefficient (Wildman–Crippen LogP) is 3.72. The van der Waals surface area contributed by atoms with E-state index in [1.165, 1.54) is 37.8 Å². The zero-order chi connectivity index (χ0) is 14.1. The van der Waals surface area contributed by atoms with Gasteiger partial charge in [0.2, 0.25) is 0 Å². The van der Waals surface area contributed by atoms with E-state index in [0.717, 1.165) is 24.1 Å². The van der Waals surface area contributed by atoms with Gasteiger partial charge in [0.1, 0.15) is 0 Å². The molecule has 2 nitrogen and oxygen atoms in total. The van der Waals surface area contributed by atoms with Crippen LogP contribution in [-0.2, 0) is 0 Å². The Morgan fingerprint density at radius 3 is 2.15 bits per heavy atom. The third-order valence-electron chi connectivity index (χ3n) is 4.65. The Kier molecular flexibility index (Phi) is 4.13. The second-order valence-electron chi connectivity index (χ2n) is 6.97. The summed E-state index contributed by atoms with van der Waals surface area (Å²) in [7, 11) is 0. The molecule has 0 amide bonds. The van der Waals surface area contributed by atoms with Crippen LogP contribution in [-0.4, -0.2) is 29.1 Å². The van der Waals surface area contributed by atoms with Gasteiger partial charge in [0.15, 0.2) is 0 Å². The Bertz CT molecular complexity index is 431. The van der Waals surface area contributed by atoms with Crippen molar-refractivity contribution in [2.45, 2.75) is 57.6 Å². The minimum atomic E-state index is -0.337. The van der Waals surface area contributed by atoms with Crippen LogP contribution in [0, 0.1) is 5.92 Å². The van der Waals surface area contributed by atoms with Gasteiger partial charge >= 0.3 is 0 Å². The molecule has 2 heteroatoms. The molecule has 3 rings (SSSR count). The fourth-order valence-corrected chi connectivity index (χ4v) is 2.88. The zero-order valence-electron chi connectivity index (χ0n) is 12.8. The van der Waals surface area contributed by atoms with Crippen LogP contribution in [0.2, 0.25) is 0 Å². The molecule has 0 saturated heterocycles. The highest BCUT2D eigenvalue weighted by atomic mass is 16.3. The van der Waals surface area contributed by atoms with Gasteiger partial charge < -0.3 is 5.11 Å². The lowest BCUT2D eigenvalue weighted by molar-refractivity contribution is 0.106. The fourth-order valence-electron chi connectivity index (χ4n) is 2.88. The summed E-state index contributed by atoms with van der Waals surface area (Å²) in [6, 6.07) is 9.27. The van der Waals surface area contributed by atoms with Crippen molar-refractivity contribution in [3.05, 3.63) is 35.4 Å². The van der Waals surface area contributed by atoms with Crippen LogP contribution in [0.1, 0.15) is 62.7 Å². The molecule has 1 aromatic rings. The lowest BCUT2D eigenvalue weighted by Gasteiger charge is -2.25. The summed E-state index contributed by atoms with van der Waals surface area (Å²) in [4.78, 5) is 2.53. The van der Waals surface area contributed by atoms with E-state index in [-0.39, 0.29) is 6.10 Å². The highest BCUT2D eigenvalue weighted by molar-refractivity contribution is 5.26. The van der Waals surface area contributed by atoms with Crippen molar-refractivity contribution in [3.8, 4) is 0 Å². The van der Waals surface area contributed by atoms with Crippen LogP contribution in [0.25, 0.3) is 0 Å². The molecule has 0 spiro atoms. The number of nitrogens with zero attached hydrogens (tertiary/aromatic N) is 1. The van der Waals surface area contributed by atoms with Crippen LogP contribution >= 0.6 is 0 Å². The maximum Gasteiger partial charge on any atom is 0.0917 e. The average Bonchev–Trinajstić information content (AvgIpc) is 3.30. The molecule has 1 atom stereocenters. The molecule has 0 bridgehead atoms. The van der Waals surface area contributed by atoms with Crippen molar-refractivity contribution in [2.24, 2.45) is 5.92 Å². The maximum atomic E-state index is 10.5. The topological polar surface area (TPSA) is 23.5 Å². The molecule has 0 radical (unpaired) electrons. The maximum absolute atomic E-state index is 10.5. The number of benzene rings is 1. The second kappa shape index (κ2) is 5.87. The van der Waals surface area contributed by atoms with E-state index < -0.39 is 0 Å². The van der Waals surface area contributed by atoms with Gasteiger partial charge in [-0.1, -0.05) is 38.1 Å². The van der Waals surface area contributed by atoms with E-state index in [1.807, 2.05) is 0 Å². The normalized spacial score (nSPS) is 20.6. The lowest BCUT2D eigenvalue weighted by Crippen LogP contribution is -2.32. The Balaban J connectivity index is 1.60. The van der Waals surface area contributed by atoms with Gasteiger partial charge in [0.25, 0.3) is 0 Å². The van der Waals surface area contributed by atoms with Crippen molar-refractivity contribution in [3.63, 3.8) is 0 Å². The van der Waals surface area contributed by atoms with Crippen molar-refractivity contribution in [1.82, 2.24) is 4.90 Å². The van der Waals surface area contributed by atoms with Crippen LogP contribution in [0.15, 0.2) is 24.3 Å². The fraction of sp³-hybridized carbons (Fsp3) is 0.667. The van der Waals surface area contributed by atoms with Gasteiger partial charge in [0.05, 0.1) is 6.10 Å². The average molecular weight is 273 g/mol. The van der Waals surface area contributed by atoms with Gasteiger partial charge in [-0.05, 0) is 48.6 Å². The summed E-state index contributed by atoms with van der Waals surface area (Å²) in [5.74, 6) is 1.46. The Labute approximate surface area is 122 Å². The highest BCUT2D eigenvalue weighted by Crippen LogP contribution is 2.35. The van der Waals surface area contributed by atoms with Crippen molar-refractivity contribution >= 4 is 0 Å². The summed E-state index contributed by atoms with van der Waals surface area (Å²) >= 11 is 0. The molecule has 0 aliphatic heterocycles. The summed E-state index contributed by atoms with van der Waals surface area (Å²) in [6.45, 7) is 6.42. The molecular formula is C18H27NO. The van der Waals surface area contributed by atoms with Crippen molar-refractivity contribution in [2.75, 3.05) is 13.1 Å². The van der Waals surface area contributed by atoms with E-state index >= 15 is 0 Å². The van der Waals surface area contributed by atoms with Gasteiger partial charge in [-0.25, -0.2) is 0 Å². The third-order valence-corrected chi connectivity index (χ3v) is 4.65. The standard InChI is InChI=1S/C18H27NO/c1-13(2)15-5-7-16(8-6-15)18(20)12-19(17-9-10-17)11-14-3-4-14/h5-8,13-14,17-18,20H,3-4,9-12H2,1-2H3. The van der Waals surface area contributed by atoms with Gasteiger partial charge in [-0.2, -0.15) is 0 Å². The summed E-state index contributed by atoms with van der Waals surface area (Å²) in [5, 5.41) is 10.5. The van der Waals surface area contributed by atoms with E-state index in [9.17, 15) is 5.11 Å². The molecule has 2 aliphatic rings. The van der Waals surface area contributed by atoms with Crippen LogP contribution in [0.4, 0.5) is 0 Å². The molecular weight excluding hydrogens is 246 g/mol. The zero-order valence-corrected chi connectivity index (χ0v) is 12.8. The first-order chi connectivity index (χ1) is 9.63. The second-order valence-corrected chi connectivity index (χ2v) is 6.97. The molecule has 0 heterocycles. The van der Waals surface area contributed by atoms with E-state index in [2.05, 4.69) is 43.0 Å². The number of hydrogen-bond donors (Lipinski definition) is 1. The molecule has 0 aromatic heterocycles. The summed E-state index contributed by atoms with van der Waals surface area (Å²) in [5.41, 5.74) is 2.41. The molecule has 1 aromatic carbocycles. The first kappa shape index (κ1) is 14.1. The first-order valence-corrected chi connectivity index (χ1v) is 8.15. The number of hydrogen-bond acceptors (Lipinski definition) is 2. The van der Waals surface area contributed by atoms with E-state index in [0.29, 0.717) is 5.92 Å². The largest absolute Gasteiger partial charge is 0.387 e. The van der Waals surface area contributed by atoms with Crippen molar-refractivity contribution < 1.29 is 5.11 Å². The van der Waals surface area contributed by atoms with E-state index in [4.69, 9.17) is 0 Å². The Morgan fingerprint density at radius 2 is 1.65 bits per heavy atom. The molecule has 1 N–H and O–H groups in total. The SMILES string of the molecule is CC(C)c1ccc(C(O)CN(CC2CC2)C2CC2)cc1. The molecule has 110 valence electrons. The molecule has 2 aliphatic carbocycles. The van der Waals surface area contributed by atoms with Gasteiger partial charge in [-0.3, -0.25) is 4.90 Å². The first-order valence-electron chi connectivity index (χ1n) is 8.15. The van der Waals surface area contributed by atoms with E-state index in [1.54, 1.807) is 0 Å². The molecule has 20 heavy (non-hydrogen) atoms. The highest BCUT2D eigenvalue weighted by Gasteiger charge is 2.34. The quantitative estimate of drug-likeness (QED) is 0.818. The predicted molar refractivity (Wildman–Crippen MR) is 82.8 cm³/mol. The summed E-state index contributed by atoms with van der Waals surface area (Å²) < 4.78 is 0. The molecule has 1 unspecified atom stereocenters. The monoisotopic (exact) mass is 273 g/mol. The smallest absolute Gasteiger partial charge is 0.0917 e. The Morgan fingerprint density at radius 1 is 1.05 bits per heavy atom. The van der Waals surface area contributed by atoms with Crippen LogP contribution < -0.4 is 0 Å². The number of rotatable bonds is 7. The van der Waals surface area contributed by atoms with Crippen molar-refractivity contribution in [1.29, 1.82) is 0 Å². The van der Waals surface area contributed by atoms with Crippen LogP contribution in [0.3, 0.4) is 0 Å². The number of aliphatic hydroxyl groups excluding tert-OH is 1. The molecule has 2 saturated carbocycles. The van der Waals surface area contributed by atoms with Gasteiger partial charge in [-0.15, -0.1) is 0 Å².